The molecule has 28 heavy (non-hydrogen) atoms. The molecule has 0 amide bonds. The molecular formula is C6H16O18P4. The summed E-state index contributed by atoms with van der Waals surface area (Å²) in [7, 11) is -22.4. The van der Waals surface area contributed by atoms with E-state index < -0.39 is 67.9 Å². The fraction of sp³-hybridized carbons (Fsp3) is 1.00. The Bertz CT molecular complexity index is 688. The molecule has 0 aliphatic heterocycles. The Hall–Kier alpha value is 0.360. The third kappa shape index (κ3) is 8.62. The van der Waals surface area contributed by atoms with Crippen molar-refractivity contribution in [3.63, 3.8) is 0 Å². The Balaban J connectivity index is 3.50. The van der Waals surface area contributed by atoms with Gasteiger partial charge in [0.25, 0.3) is 0 Å². The van der Waals surface area contributed by atoms with Crippen molar-refractivity contribution < 1.29 is 85.7 Å². The van der Waals surface area contributed by atoms with Crippen molar-refractivity contribution in [2.45, 2.75) is 36.6 Å². The van der Waals surface area contributed by atoms with E-state index in [4.69, 9.17) is 39.1 Å². The SMILES string of the molecule is O=P(O)(O)OC1[C@H](O)[C@H](OP(=O)(O)O)C(OP(=O)(O)O)[C@H](OP(=O)(O)O)[C@H]1O. The van der Waals surface area contributed by atoms with Crippen LogP contribution in [0.2, 0.25) is 0 Å². The Labute approximate surface area is 154 Å². The van der Waals surface area contributed by atoms with Crippen LogP contribution >= 0.6 is 31.3 Å². The summed E-state index contributed by atoms with van der Waals surface area (Å²) in [5.41, 5.74) is 0. The molecule has 6 atom stereocenters. The van der Waals surface area contributed by atoms with Crippen molar-refractivity contribution in [2.24, 2.45) is 0 Å². The van der Waals surface area contributed by atoms with E-state index in [2.05, 4.69) is 18.1 Å². The average Bonchev–Trinajstić information content (AvgIpc) is 2.39. The highest BCUT2D eigenvalue weighted by atomic mass is 31.2. The van der Waals surface area contributed by atoms with Crippen molar-refractivity contribution in [3.8, 4) is 0 Å². The number of hydrogen-bond acceptors (Lipinski definition) is 10. The second-order valence-electron chi connectivity index (χ2n) is 5.22. The van der Waals surface area contributed by atoms with Crippen molar-refractivity contribution in [1.82, 2.24) is 0 Å². The molecule has 18 nitrogen and oxygen atoms in total. The zero-order valence-corrected chi connectivity index (χ0v) is 16.6. The van der Waals surface area contributed by atoms with Gasteiger partial charge in [0, 0.05) is 0 Å². The van der Waals surface area contributed by atoms with Crippen LogP contribution < -0.4 is 0 Å². The summed E-state index contributed by atoms with van der Waals surface area (Å²) in [6.45, 7) is 0. The fourth-order valence-corrected chi connectivity index (χ4v) is 4.52. The van der Waals surface area contributed by atoms with Gasteiger partial charge in [0.05, 0.1) is 0 Å². The number of rotatable bonds is 8. The van der Waals surface area contributed by atoms with Gasteiger partial charge in [-0.15, -0.1) is 0 Å². The van der Waals surface area contributed by atoms with Gasteiger partial charge >= 0.3 is 31.3 Å². The van der Waals surface area contributed by atoms with Crippen molar-refractivity contribution in [3.05, 3.63) is 0 Å². The largest absolute Gasteiger partial charge is 0.470 e. The first-order valence-corrected chi connectivity index (χ1v) is 12.6. The van der Waals surface area contributed by atoms with E-state index in [1.165, 1.54) is 0 Å². The summed E-state index contributed by atoms with van der Waals surface area (Å²) in [6.07, 6.45) is -15.9. The lowest BCUT2D eigenvalue weighted by Gasteiger charge is -2.45. The molecule has 168 valence electrons. The van der Waals surface area contributed by atoms with E-state index in [9.17, 15) is 28.5 Å². The first kappa shape index (κ1) is 26.4. The lowest BCUT2D eigenvalue weighted by molar-refractivity contribution is -0.208. The summed E-state index contributed by atoms with van der Waals surface area (Å²) < 4.78 is 60.5. The Morgan fingerprint density at radius 1 is 0.429 bits per heavy atom. The summed E-state index contributed by atoms with van der Waals surface area (Å²) in [5, 5.41) is 20.1. The van der Waals surface area contributed by atoms with Crippen LogP contribution in [0.3, 0.4) is 0 Å². The molecule has 22 heteroatoms. The van der Waals surface area contributed by atoms with Crippen LogP contribution in [-0.2, 0) is 36.4 Å². The second kappa shape index (κ2) is 8.85. The van der Waals surface area contributed by atoms with E-state index in [0.717, 1.165) is 0 Å². The molecule has 0 spiro atoms. The van der Waals surface area contributed by atoms with Crippen molar-refractivity contribution in [1.29, 1.82) is 0 Å². The first-order chi connectivity index (χ1) is 12.2. The van der Waals surface area contributed by atoms with Gasteiger partial charge in [0.15, 0.2) is 0 Å². The van der Waals surface area contributed by atoms with E-state index in [0.29, 0.717) is 0 Å². The minimum Gasteiger partial charge on any atom is -0.387 e. The van der Waals surface area contributed by atoms with Crippen LogP contribution in [0.15, 0.2) is 0 Å². The number of phosphoric ester groups is 4. The highest BCUT2D eigenvalue weighted by Crippen LogP contribution is 2.52. The molecule has 0 heterocycles. The number of aliphatic hydroxyl groups is 2. The van der Waals surface area contributed by atoms with Gasteiger partial charge in [-0.25, -0.2) is 18.3 Å². The van der Waals surface area contributed by atoms with Crippen LogP contribution in [0.4, 0.5) is 0 Å². The van der Waals surface area contributed by atoms with Crippen LogP contribution in [0.5, 0.6) is 0 Å². The maximum Gasteiger partial charge on any atom is 0.470 e. The lowest BCUT2D eigenvalue weighted by atomic mass is 9.85. The summed E-state index contributed by atoms with van der Waals surface area (Å²) in [6, 6.07) is 0. The quantitative estimate of drug-likeness (QED) is 0.145. The Morgan fingerprint density at radius 2 is 0.643 bits per heavy atom. The molecule has 1 rings (SSSR count). The van der Waals surface area contributed by atoms with Crippen LogP contribution in [-0.4, -0.2) is 86.0 Å². The Morgan fingerprint density at radius 3 is 0.893 bits per heavy atom. The minimum absolute atomic E-state index is 2.56. The van der Waals surface area contributed by atoms with E-state index in [1.54, 1.807) is 0 Å². The van der Waals surface area contributed by atoms with Gasteiger partial charge in [0.1, 0.15) is 36.6 Å². The zero-order chi connectivity index (χ0) is 22.3. The monoisotopic (exact) mass is 500 g/mol. The van der Waals surface area contributed by atoms with Crippen molar-refractivity contribution in [2.75, 3.05) is 0 Å². The molecule has 10 N–H and O–H groups in total. The molecule has 0 aromatic rings. The predicted molar refractivity (Wildman–Crippen MR) is 79.7 cm³/mol. The molecule has 1 saturated carbocycles. The second-order valence-corrected chi connectivity index (χ2v) is 9.99. The number of phosphoric acid groups is 4. The highest BCUT2D eigenvalue weighted by molar-refractivity contribution is 7.47. The minimum atomic E-state index is -5.64. The molecule has 2 unspecified atom stereocenters. The summed E-state index contributed by atoms with van der Waals surface area (Å²) in [5.74, 6) is 0. The molecule has 0 aromatic heterocycles. The predicted octanol–water partition coefficient (Wildman–Crippen LogP) is -3.37. The van der Waals surface area contributed by atoms with Crippen LogP contribution in [0.25, 0.3) is 0 Å². The molecule has 1 aliphatic rings. The maximum absolute atomic E-state index is 11.1. The van der Waals surface area contributed by atoms with Gasteiger partial charge in [-0.2, -0.15) is 0 Å². The normalized spacial score (nSPS) is 33.1. The summed E-state index contributed by atoms with van der Waals surface area (Å²) in [4.78, 5) is 71.0. The standard InChI is InChI=1S/C6H16O18P4/c7-1-3(21-25(9,10)11)2(8)5(23-27(15,16)17)6(24-28(18,19)20)4(1)22-26(12,13)14/h1-8H,(H2,9,10,11)(H2,12,13,14)(H2,15,16,17)(H2,18,19,20)/t1-,2-,3?,4-,5+,6?/m0/s1. The molecule has 0 bridgehead atoms. The van der Waals surface area contributed by atoms with Gasteiger partial charge in [-0.3, -0.25) is 18.1 Å². The zero-order valence-electron chi connectivity index (χ0n) is 13.0. The molecule has 0 radical (unpaired) electrons. The average molecular weight is 500 g/mol. The first-order valence-electron chi connectivity index (χ1n) is 6.52. The molecule has 1 fully saturated rings. The van der Waals surface area contributed by atoms with Gasteiger partial charge < -0.3 is 49.4 Å². The van der Waals surface area contributed by atoms with Gasteiger partial charge in [-0.1, -0.05) is 0 Å². The Kier molecular flexibility index (Phi) is 8.34. The highest BCUT2D eigenvalue weighted by Gasteiger charge is 2.58. The maximum atomic E-state index is 11.1. The topological polar surface area (TPSA) is 308 Å². The molecular weight excluding hydrogens is 484 g/mol. The van der Waals surface area contributed by atoms with Crippen molar-refractivity contribution >= 4 is 31.3 Å². The van der Waals surface area contributed by atoms with Crippen LogP contribution in [0.1, 0.15) is 0 Å². The molecule has 0 saturated heterocycles. The lowest BCUT2D eigenvalue weighted by Crippen LogP contribution is -2.65. The molecule has 1 aliphatic carbocycles. The van der Waals surface area contributed by atoms with E-state index in [-0.39, 0.29) is 0 Å². The molecule has 0 aromatic carbocycles. The van der Waals surface area contributed by atoms with E-state index >= 15 is 0 Å². The smallest absolute Gasteiger partial charge is 0.387 e. The number of hydrogen-bond donors (Lipinski definition) is 10. The third-order valence-corrected chi connectivity index (χ3v) is 5.10. The third-order valence-electron chi connectivity index (χ3n) is 3.03. The van der Waals surface area contributed by atoms with Gasteiger partial charge in [0.2, 0.25) is 0 Å². The van der Waals surface area contributed by atoms with Crippen LogP contribution in [0, 0.1) is 0 Å². The summed E-state index contributed by atoms with van der Waals surface area (Å²) >= 11 is 0. The van der Waals surface area contributed by atoms with Gasteiger partial charge in [-0.05, 0) is 0 Å². The van der Waals surface area contributed by atoms with E-state index in [1.807, 2.05) is 0 Å². The fourth-order valence-electron chi connectivity index (χ4n) is 2.28. The number of aliphatic hydroxyl groups excluding tert-OH is 2.